The topological polar surface area (TPSA) is 63.5 Å². The van der Waals surface area contributed by atoms with Gasteiger partial charge in [0.15, 0.2) is 5.65 Å². The first-order valence-electron chi connectivity index (χ1n) is 11.2. The summed E-state index contributed by atoms with van der Waals surface area (Å²) in [4.78, 5) is 26.6. The Morgan fingerprint density at radius 1 is 1.03 bits per heavy atom. The molecule has 4 heterocycles. The minimum atomic E-state index is 0.0534. The number of ether oxygens (including phenoxy) is 1. The van der Waals surface area contributed by atoms with E-state index in [0.717, 1.165) is 76.4 Å². The van der Waals surface area contributed by atoms with Crippen molar-refractivity contribution in [2.75, 3.05) is 45.9 Å². The van der Waals surface area contributed by atoms with Gasteiger partial charge in [-0.2, -0.15) is 0 Å². The van der Waals surface area contributed by atoms with E-state index in [4.69, 9.17) is 4.74 Å². The molecule has 0 radical (unpaired) electrons. The number of imidazole rings is 1. The van der Waals surface area contributed by atoms with Gasteiger partial charge in [0.05, 0.1) is 11.9 Å². The molecule has 2 aliphatic heterocycles. The first-order chi connectivity index (χ1) is 15.3. The molecule has 0 unspecified atom stereocenters. The second-order valence-corrected chi connectivity index (χ2v) is 8.43. The third-order valence-electron chi connectivity index (χ3n) is 6.46. The van der Waals surface area contributed by atoms with Crippen LogP contribution in [0.2, 0.25) is 0 Å². The molecule has 0 atom stereocenters. The fraction of sp³-hybridized carbons (Fsp3) is 0.458. The van der Waals surface area contributed by atoms with Crippen LogP contribution < -0.4 is 0 Å². The lowest BCUT2D eigenvalue weighted by atomic mass is 10.1. The van der Waals surface area contributed by atoms with E-state index >= 15 is 0 Å². The van der Waals surface area contributed by atoms with Crippen LogP contribution in [0, 0.1) is 0 Å². The van der Waals surface area contributed by atoms with Crippen LogP contribution in [-0.2, 0) is 11.2 Å². The maximum absolute atomic E-state index is 13.1. The first-order valence-corrected chi connectivity index (χ1v) is 11.2. The molecule has 0 bridgehead atoms. The van der Waals surface area contributed by atoms with E-state index in [9.17, 15) is 4.79 Å². The summed E-state index contributed by atoms with van der Waals surface area (Å²) >= 11 is 0. The average Bonchev–Trinajstić information content (AvgIpc) is 3.27. The van der Waals surface area contributed by atoms with Gasteiger partial charge in [0.2, 0.25) is 0 Å². The third-order valence-corrected chi connectivity index (χ3v) is 6.46. The average molecular weight is 420 g/mol. The Balaban J connectivity index is 1.19. The van der Waals surface area contributed by atoms with Crippen molar-refractivity contribution < 1.29 is 9.53 Å². The smallest absolute Gasteiger partial charge is 0.255 e. The van der Waals surface area contributed by atoms with Crippen LogP contribution in [-0.4, -0.2) is 76.2 Å². The van der Waals surface area contributed by atoms with Gasteiger partial charge in [-0.25, -0.2) is 9.97 Å². The van der Waals surface area contributed by atoms with Crippen molar-refractivity contribution in [2.45, 2.75) is 25.3 Å². The van der Waals surface area contributed by atoms with E-state index in [-0.39, 0.29) is 5.91 Å². The van der Waals surface area contributed by atoms with Gasteiger partial charge in [-0.1, -0.05) is 30.3 Å². The fourth-order valence-corrected chi connectivity index (χ4v) is 4.56. The Hall–Kier alpha value is -2.77. The molecule has 0 saturated carbocycles. The molecule has 1 aromatic carbocycles. The zero-order chi connectivity index (χ0) is 21.0. The summed E-state index contributed by atoms with van der Waals surface area (Å²) in [5.74, 6) is 0.0534. The molecule has 0 N–H and O–H groups in total. The largest absolute Gasteiger partial charge is 0.381 e. The molecule has 2 aliphatic rings. The minimum Gasteiger partial charge on any atom is -0.381 e. The Morgan fingerprint density at radius 3 is 2.58 bits per heavy atom. The summed E-state index contributed by atoms with van der Waals surface area (Å²) in [6, 6.07) is 12.8. The van der Waals surface area contributed by atoms with Crippen molar-refractivity contribution in [2.24, 2.45) is 0 Å². The van der Waals surface area contributed by atoms with Crippen LogP contribution in [0.15, 0.2) is 48.9 Å². The van der Waals surface area contributed by atoms with Gasteiger partial charge in [0.25, 0.3) is 5.91 Å². The molecule has 162 valence electrons. The van der Waals surface area contributed by atoms with Crippen LogP contribution in [0.5, 0.6) is 0 Å². The fourth-order valence-electron chi connectivity index (χ4n) is 4.56. The van der Waals surface area contributed by atoms with Gasteiger partial charge in [0, 0.05) is 58.2 Å². The first kappa shape index (κ1) is 20.2. The van der Waals surface area contributed by atoms with Crippen LogP contribution in [0.25, 0.3) is 11.2 Å². The lowest BCUT2D eigenvalue weighted by Crippen LogP contribution is -2.49. The quantitative estimate of drug-likeness (QED) is 0.636. The predicted molar refractivity (Wildman–Crippen MR) is 119 cm³/mol. The lowest BCUT2D eigenvalue weighted by Gasteiger charge is -2.34. The molecule has 3 aromatic rings. The summed E-state index contributed by atoms with van der Waals surface area (Å²) in [5, 5.41) is 0. The van der Waals surface area contributed by atoms with Crippen LogP contribution in [0.3, 0.4) is 0 Å². The zero-order valence-corrected chi connectivity index (χ0v) is 17.8. The number of piperazine rings is 1. The number of pyridine rings is 1. The molecule has 0 aliphatic carbocycles. The Kier molecular flexibility index (Phi) is 5.95. The number of fused-ring (bicyclic) bond motifs is 1. The second kappa shape index (κ2) is 9.16. The van der Waals surface area contributed by atoms with Crippen LogP contribution in [0.1, 0.15) is 34.8 Å². The highest BCUT2D eigenvalue weighted by Crippen LogP contribution is 2.25. The molecule has 5 rings (SSSR count). The van der Waals surface area contributed by atoms with Crippen molar-refractivity contribution in [3.8, 4) is 0 Å². The minimum absolute atomic E-state index is 0.0534. The molecule has 1 amide bonds. The summed E-state index contributed by atoms with van der Waals surface area (Å²) in [6.07, 6.45) is 6.56. The standard InChI is InChI=1S/C24H29N5O2/c30-24(28-12-10-27(11-13-28)9-6-19-4-2-1-3-5-19)20-16-22-23(25-17-20)29(18-26-22)21-7-14-31-15-8-21/h1-5,16-18,21H,6-15H2. The Labute approximate surface area is 182 Å². The van der Waals surface area contributed by atoms with Gasteiger partial charge < -0.3 is 14.2 Å². The predicted octanol–water partition coefficient (Wildman–Crippen LogP) is 2.78. The number of rotatable bonds is 5. The zero-order valence-electron chi connectivity index (χ0n) is 17.8. The van der Waals surface area contributed by atoms with Gasteiger partial charge in [-0.05, 0) is 30.9 Å². The summed E-state index contributed by atoms with van der Waals surface area (Å²) in [6.45, 7) is 5.91. The maximum Gasteiger partial charge on any atom is 0.255 e. The number of hydrogen-bond acceptors (Lipinski definition) is 5. The van der Waals surface area contributed by atoms with Crippen molar-refractivity contribution in [1.82, 2.24) is 24.3 Å². The van der Waals surface area contributed by atoms with Crippen molar-refractivity contribution in [1.29, 1.82) is 0 Å². The normalized spacial score (nSPS) is 18.5. The molecule has 7 heteroatoms. The van der Waals surface area contributed by atoms with Gasteiger partial charge in [-0.15, -0.1) is 0 Å². The molecule has 0 spiro atoms. The van der Waals surface area contributed by atoms with E-state index in [0.29, 0.717) is 11.6 Å². The summed E-state index contributed by atoms with van der Waals surface area (Å²) in [7, 11) is 0. The lowest BCUT2D eigenvalue weighted by molar-refractivity contribution is 0.0638. The molecule has 7 nitrogen and oxygen atoms in total. The highest BCUT2D eigenvalue weighted by atomic mass is 16.5. The van der Waals surface area contributed by atoms with Gasteiger partial charge >= 0.3 is 0 Å². The number of aromatic nitrogens is 3. The SMILES string of the molecule is O=C(c1cnc2c(c1)ncn2C1CCOCC1)N1CCN(CCc2ccccc2)CC1. The molecule has 2 fully saturated rings. The number of hydrogen-bond donors (Lipinski definition) is 0. The molecule has 31 heavy (non-hydrogen) atoms. The van der Waals surface area contributed by atoms with Gasteiger partial charge in [0.1, 0.15) is 5.52 Å². The van der Waals surface area contributed by atoms with E-state index in [1.807, 2.05) is 17.3 Å². The monoisotopic (exact) mass is 419 g/mol. The van der Waals surface area contributed by atoms with Crippen molar-refractivity contribution >= 4 is 17.1 Å². The van der Waals surface area contributed by atoms with Crippen LogP contribution in [0.4, 0.5) is 0 Å². The molecular formula is C24H29N5O2. The van der Waals surface area contributed by atoms with E-state index < -0.39 is 0 Å². The second-order valence-electron chi connectivity index (χ2n) is 8.43. The molecular weight excluding hydrogens is 390 g/mol. The maximum atomic E-state index is 13.1. The highest BCUT2D eigenvalue weighted by molar-refractivity contribution is 5.96. The number of carbonyl (C=O) groups excluding carboxylic acids is 1. The molecule has 2 aromatic heterocycles. The number of nitrogens with zero attached hydrogens (tertiary/aromatic N) is 5. The van der Waals surface area contributed by atoms with Gasteiger partial charge in [-0.3, -0.25) is 9.69 Å². The van der Waals surface area contributed by atoms with E-state index in [1.54, 1.807) is 6.20 Å². The third kappa shape index (κ3) is 4.48. The Bertz CT molecular complexity index is 1020. The number of amides is 1. The summed E-state index contributed by atoms with van der Waals surface area (Å²) in [5.41, 5.74) is 3.64. The number of benzene rings is 1. The van der Waals surface area contributed by atoms with E-state index in [1.165, 1.54) is 5.56 Å². The summed E-state index contributed by atoms with van der Waals surface area (Å²) < 4.78 is 7.60. The van der Waals surface area contributed by atoms with Crippen LogP contribution >= 0.6 is 0 Å². The van der Waals surface area contributed by atoms with Crippen molar-refractivity contribution in [3.05, 3.63) is 60.0 Å². The highest BCUT2D eigenvalue weighted by Gasteiger charge is 2.24. The Morgan fingerprint density at radius 2 is 1.81 bits per heavy atom. The van der Waals surface area contributed by atoms with Crippen molar-refractivity contribution in [3.63, 3.8) is 0 Å². The number of carbonyl (C=O) groups is 1. The van der Waals surface area contributed by atoms with E-state index in [2.05, 4.69) is 49.8 Å². The molecule has 2 saturated heterocycles.